The van der Waals surface area contributed by atoms with Gasteiger partial charge in [-0.2, -0.15) is 5.10 Å². The van der Waals surface area contributed by atoms with Gasteiger partial charge in [0, 0.05) is 12.7 Å². The molecule has 3 N–H and O–H groups in total. The number of halogens is 2. The molecule has 1 amide bonds. The van der Waals surface area contributed by atoms with E-state index in [1.807, 2.05) is 6.92 Å². The van der Waals surface area contributed by atoms with Gasteiger partial charge in [-0.3, -0.25) is 9.48 Å². The number of rotatable bonds is 3. The number of hydrogen-bond acceptors (Lipinski definition) is 3. The minimum Gasteiger partial charge on any atom is -0.396 e. The maximum absolute atomic E-state index is 13.4. The smallest absolute Gasteiger partial charge is 0.278 e. The summed E-state index contributed by atoms with van der Waals surface area (Å²) in [6.45, 7) is 2.36. The molecule has 0 saturated heterocycles. The summed E-state index contributed by atoms with van der Waals surface area (Å²) >= 11 is 0. The lowest BCUT2D eigenvalue weighted by atomic mass is 10.2. The van der Waals surface area contributed by atoms with Crippen LogP contribution < -0.4 is 11.1 Å². The van der Waals surface area contributed by atoms with Gasteiger partial charge in [-0.1, -0.05) is 6.07 Å². The van der Waals surface area contributed by atoms with Gasteiger partial charge >= 0.3 is 0 Å². The van der Waals surface area contributed by atoms with Crippen molar-refractivity contribution in [2.75, 3.05) is 11.1 Å². The Morgan fingerprint density at radius 3 is 2.58 bits per heavy atom. The van der Waals surface area contributed by atoms with E-state index in [1.54, 1.807) is 0 Å². The molecule has 2 aromatic rings. The minimum atomic E-state index is -0.859. The Morgan fingerprint density at radius 2 is 2.05 bits per heavy atom. The van der Waals surface area contributed by atoms with Gasteiger partial charge in [-0.15, -0.1) is 0 Å². The van der Waals surface area contributed by atoms with E-state index < -0.39 is 23.2 Å². The topological polar surface area (TPSA) is 72.9 Å². The molecule has 19 heavy (non-hydrogen) atoms. The molecule has 0 aliphatic rings. The van der Waals surface area contributed by atoms with Crippen LogP contribution >= 0.6 is 0 Å². The lowest BCUT2D eigenvalue weighted by molar-refractivity contribution is 0.102. The van der Waals surface area contributed by atoms with Crippen molar-refractivity contribution in [1.82, 2.24) is 9.78 Å². The Bertz CT molecular complexity index is 604. The fourth-order valence-electron chi connectivity index (χ4n) is 1.57. The number of hydrogen-bond donors (Lipinski definition) is 2. The molecule has 0 unspecified atom stereocenters. The van der Waals surface area contributed by atoms with Crippen molar-refractivity contribution in [2.24, 2.45) is 0 Å². The Kier molecular flexibility index (Phi) is 3.46. The lowest BCUT2D eigenvalue weighted by Gasteiger charge is -2.06. The number of nitrogens with two attached hydrogens (primary N) is 1. The summed E-state index contributed by atoms with van der Waals surface area (Å²) in [7, 11) is 0. The van der Waals surface area contributed by atoms with Crippen molar-refractivity contribution in [3.8, 4) is 0 Å². The molecule has 1 aromatic heterocycles. The zero-order valence-corrected chi connectivity index (χ0v) is 10.2. The fraction of sp³-hybridized carbons (Fsp3) is 0.167. The van der Waals surface area contributed by atoms with Crippen LogP contribution in [0.5, 0.6) is 0 Å². The zero-order chi connectivity index (χ0) is 14.0. The standard InChI is InChI=1S/C12H12F2N4O/c1-2-18-6-9(15)11(17-18)12(19)16-10-7(13)4-3-5-8(10)14/h3-6H,2,15H2,1H3,(H,16,19). The number of benzene rings is 1. The molecule has 0 aliphatic carbocycles. The Labute approximate surface area is 108 Å². The fourth-order valence-corrected chi connectivity index (χ4v) is 1.57. The summed E-state index contributed by atoms with van der Waals surface area (Å²) in [5.74, 6) is -2.47. The first-order valence-corrected chi connectivity index (χ1v) is 5.61. The van der Waals surface area contributed by atoms with E-state index in [0.29, 0.717) is 6.54 Å². The second-order valence-corrected chi connectivity index (χ2v) is 3.84. The van der Waals surface area contributed by atoms with Crippen LogP contribution in [0.25, 0.3) is 0 Å². The Balaban J connectivity index is 2.28. The summed E-state index contributed by atoms with van der Waals surface area (Å²) in [5.41, 5.74) is 5.18. The van der Waals surface area contributed by atoms with Gasteiger partial charge in [0.1, 0.15) is 17.3 Å². The van der Waals surface area contributed by atoms with Crippen LogP contribution in [0, 0.1) is 11.6 Å². The second kappa shape index (κ2) is 5.05. The maximum atomic E-state index is 13.4. The molecule has 0 bridgehead atoms. The average molecular weight is 266 g/mol. The number of carbonyl (C=O) groups is 1. The number of para-hydroxylation sites is 1. The molecule has 0 fully saturated rings. The second-order valence-electron chi connectivity index (χ2n) is 3.84. The van der Waals surface area contributed by atoms with Crippen LogP contribution in [0.3, 0.4) is 0 Å². The third-order valence-electron chi connectivity index (χ3n) is 2.53. The van der Waals surface area contributed by atoms with Crippen molar-refractivity contribution in [1.29, 1.82) is 0 Å². The van der Waals surface area contributed by atoms with Gasteiger partial charge in [0.2, 0.25) is 0 Å². The van der Waals surface area contributed by atoms with Gasteiger partial charge in [0.15, 0.2) is 5.69 Å². The van der Waals surface area contributed by atoms with Gasteiger partial charge in [0.25, 0.3) is 5.91 Å². The summed E-state index contributed by atoms with van der Waals surface area (Å²) in [5, 5.41) is 6.05. The molecule has 1 aromatic carbocycles. The minimum absolute atomic E-state index is 0.0653. The van der Waals surface area contributed by atoms with Crippen LogP contribution in [-0.2, 0) is 6.54 Å². The highest BCUT2D eigenvalue weighted by molar-refractivity contribution is 6.06. The largest absolute Gasteiger partial charge is 0.396 e. The van der Waals surface area contributed by atoms with Gasteiger partial charge in [0.05, 0.1) is 5.69 Å². The number of aromatic nitrogens is 2. The number of carbonyl (C=O) groups excluding carboxylic acids is 1. The lowest BCUT2D eigenvalue weighted by Crippen LogP contribution is -2.16. The van der Waals surface area contributed by atoms with Crippen molar-refractivity contribution in [3.63, 3.8) is 0 Å². The maximum Gasteiger partial charge on any atom is 0.278 e. The van der Waals surface area contributed by atoms with Crippen molar-refractivity contribution < 1.29 is 13.6 Å². The first kappa shape index (κ1) is 13.0. The molecule has 0 atom stereocenters. The summed E-state index contributed by atoms with van der Waals surface area (Å²) < 4.78 is 28.2. The van der Waals surface area contributed by atoms with Crippen LogP contribution in [0.4, 0.5) is 20.2 Å². The molecule has 0 aliphatic heterocycles. The van der Waals surface area contributed by atoms with Crippen LogP contribution in [0.1, 0.15) is 17.4 Å². The predicted molar refractivity (Wildman–Crippen MR) is 66.6 cm³/mol. The number of nitrogen functional groups attached to an aromatic ring is 1. The summed E-state index contributed by atoms with van der Waals surface area (Å²) in [6.07, 6.45) is 1.48. The van der Waals surface area contributed by atoms with E-state index in [1.165, 1.54) is 16.9 Å². The predicted octanol–water partition coefficient (Wildman–Crippen LogP) is 2.02. The van der Waals surface area contributed by atoms with Crippen LogP contribution in [0.2, 0.25) is 0 Å². The molecule has 7 heteroatoms. The highest BCUT2D eigenvalue weighted by Gasteiger charge is 2.18. The van der Waals surface area contributed by atoms with E-state index in [9.17, 15) is 13.6 Å². The Hall–Kier alpha value is -2.44. The molecular weight excluding hydrogens is 254 g/mol. The first-order chi connectivity index (χ1) is 9.02. The number of nitrogens with one attached hydrogen (secondary N) is 1. The molecule has 1 heterocycles. The third-order valence-corrected chi connectivity index (χ3v) is 2.53. The molecular formula is C12H12F2N4O. The summed E-state index contributed by atoms with van der Waals surface area (Å²) in [4.78, 5) is 11.9. The third kappa shape index (κ3) is 2.54. The molecule has 100 valence electrons. The first-order valence-electron chi connectivity index (χ1n) is 5.61. The van der Waals surface area contributed by atoms with Crippen molar-refractivity contribution in [3.05, 3.63) is 41.7 Å². The number of nitrogens with zero attached hydrogens (tertiary/aromatic N) is 2. The zero-order valence-electron chi connectivity index (χ0n) is 10.2. The summed E-state index contributed by atoms with van der Waals surface area (Å²) in [6, 6.07) is 3.31. The number of aryl methyl sites for hydroxylation is 1. The van der Waals surface area contributed by atoms with Crippen LogP contribution in [-0.4, -0.2) is 15.7 Å². The molecule has 0 saturated carbocycles. The van der Waals surface area contributed by atoms with E-state index in [-0.39, 0.29) is 11.4 Å². The van der Waals surface area contributed by atoms with Crippen molar-refractivity contribution in [2.45, 2.75) is 13.5 Å². The van der Waals surface area contributed by atoms with Gasteiger partial charge < -0.3 is 11.1 Å². The van der Waals surface area contributed by atoms with E-state index in [4.69, 9.17) is 5.73 Å². The van der Waals surface area contributed by atoms with Crippen molar-refractivity contribution >= 4 is 17.3 Å². The molecule has 2 rings (SSSR count). The molecule has 0 radical (unpaired) electrons. The monoisotopic (exact) mass is 266 g/mol. The highest BCUT2D eigenvalue weighted by Crippen LogP contribution is 2.19. The van der Waals surface area contributed by atoms with Gasteiger partial charge in [-0.05, 0) is 19.1 Å². The molecule has 0 spiro atoms. The Morgan fingerprint density at radius 1 is 1.42 bits per heavy atom. The van der Waals surface area contributed by atoms with E-state index >= 15 is 0 Å². The SMILES string of the molecule is CCn1cc(N)c(C(=O)Nc2c(F)cccc2F)n1. The van der Waals surface area contributed by atoms with E-state index in [2.05, 4.69) is 10.4 Å². The number of anilines is 2. The number of amides is 1. The van der Waals surface area contributed by atoms with Crippen LogP contribution in [0.15, 0.2) is 24.4 Å². The normalized spacial score (nSPS) is 10.5. The highest BCUT2D eigenvalue weighted by atomic mass is 19.1. The quantitative estimate of drug-likeness (QED) is 0.892. The molecule has 5 nitrogen and oxygen atoms in total. The van der Waals surface area contributed by atoms with Gasteiger partial charge in [-0.25, -0.2) is 8.78 Å². The van der Waals surface area contributed by atoms with E-state index in [0.717, 1.165) is 12.1 Å². The average Bonchev–Trinajstić information content (AvgIpc) is 2.75.